The van der Waals surface area contributed by atoms with Crippen LogP contribution in [0.4, 0.5) is 0 Å². The zero-order chi connectivity index (χ0) is 11.7. The molecule has 0 saturated carbocycles. The molecule has 0 aliphatic rings. The third-order valence-electron chi connectivity index (χ3n) is 2.97. The predicted molar refractivity (Wildman–Crippen MR) is 66.3 cm³/mol. The minimum Gasteiger partial charge on any atom is -0.383 e. The topological polar surface area (TPSA) is 24.5 Å². The minimum absolute atomic E-state index is 0.579. The number of rotatable bonds is 9. The maximum Gasteiger partial charge on any atom is 0.0589 e. The van der Waals surface area contributed by atoms with Gasteiger partial charge in [0.2, 0.25) is 0 Å². The van der Waals surface area contributed by atoms with E-state index in [9.17, 15) is 0 Å². The van der Waals surface area contributed by atoms with Gasteiger partial charge in [0.25, 0.3) is 0 Å². The van der Waals surface area contributed by atoms with Crippen molar-refractivity contribution in [1.82, 2.24) is 10.2 Å². The minimum atomic E-state index is 0.579. The van der Waals surface area contributed by atoms with Crippen LogP contribution in [0.1, 0.15) is 34.1 Å². The van der Waals surface area contributed by atoms with Crippen LogP contribution in [0.2, 0.25) is 0 Å². The zero-order valence-electron chi connectivity index (χ0n) is 11.0. The van der Waals surface area contributed by atoms with E-state index in [-0.39, 0.29) is 0 Å². The standard InChI is InChI=1S/C12H28N2O/c1-6-11(3)14(8-9-15-5)12(4)10-13-7-2/h11-13H,6-10H2,1-5H3. The van der Waals surface area contributed by atoms with Gasteiger partial charge in [-0.1, -0.05) is 13.8 Å². The first kappa shape index (κ1) is 14.9. The summed E-state index contributed by atoms with van der Waals surface area (Å²) in [6.07, 6.45) is 1.19. The number of nitrogens with one attached hydrogen (secondary N) is 1. The lowest BCUT2D eigenvalue weighted by molar-refractivity contribution is 0.0937. The van der Waals surface area contributed by atoms with E-state index >= 15 is 0 Å². The number of hydrogen-bond acceptors (Lipinski definition) is 3. The van der Waals surface area contributed by atoms with Crippen molar-refractivity contribution < 1.29 is 4.74 Å². The third-order valence-corrected chi connectivity index (χ3v) is 2.97. The summed E-state index contributed by atoms with van der Waals surface area (Å²) in [5, 5.41) is 3.40. The van der Waals surface area contributed by atoms with E-state index in [0.717, 1.165) is 26.2 Å². The Morgan fingerprint density at radius 2 is 1.87 bits per heavy atom. The normalized spacial score (nSPS) is 15.6. The molecule has 0 aromatic heterocycles. The van der Waals surface area contributed by atoms with Crippen LogP contribution in [-0.4, -0.2) is 50.3 Å². The van der Waals surface area contributed by atoms with E-state index < -0.39 is 0 Å². The van der Waals surface area contributed by atoms with Crippen molar-refractivity contribution >= 4 is 0 Å². The maximum absolute atomic E-state index is 5.16. The summed E-state index contributed by atoms with van der Waals surface area (Å²) in [4.78, 5) is 2.52. The molecule has 2 atom stereocenters. The Balaban J connectivity index is 4.07. The Hall–Kier alpha value is -0.120. The van der Waals surface area contributed by atoms with Crippen molar-refractivity contribution in [3.05, 3.63) is 0 Å². The van der Waals surface area contributed by atoms with Crippen molar-refractivity contribution in [3.8, 4) is 0 Å². The highest BCUT2D eigenvalue weighted by Crippen LogP contribution is 2.08. The molecule has 0 aromatic rings. The largest absolute Gasteiger partial charge is 0.383 e. The lowest BCUT2D eigenvalue weighted by Crippen LogP contribution is -2.46. The molecule has 15 heavy (non-hydrogen) atoms. The highest BCUT2D eigenvalue weighted by molar-refractivity contribution is 4.74. The van der Waals surface area contributed by atoms with E-state index in [1.54, 1.807) is 7.11 Å². The van der Waals surface area contributed by atoms with Crippen molar-refractivity contribution in [2.24, 2.45) is 0 Å². The Morgan fingerprint density at radius 1 is 1.20 bits per heavy atom. The van der Waals surface area contributed by atoms with Gasteiger partial charge in [-0.2, -0.15) is 0 Å². The molecule has 0 saturated heterocycles. The molecular weight excluding hydrogens is 188 g/mol. The summed E-state index contributed by atoms with van der Waals surface area (Å²) in [5.41, 5.74) is 0. The van der Waals surface area contributed by atoms with Gasteiger partial charge in [-0.3, -0.25) is 4.90 Å². The van der Waals surface area contributed by atoms with Crippen molar-refractivity contribution in [2.75, 3.05) is 33.4 Å². The van der Waals surface area contributed by atoms with Gasteiger partial charge < -0.3 is 10.1 Å². The third kappa shape index (κ3) is 6.13. The Kier molecular flexibility index (Phi) is 9.06. The van der Waals surface area contributed by atoms with Crippen LogP contribution < -0.4 is 5.32 Å². The van der Waals surface area contributed by atoms with Gasteiger partial charge in [-0.25, -0.2) is 0 Å². The number of methoxy groups -OCH3 is 1. The highest BCUT2D eigenvalue weighted by Gasteiger charge is 2.17. The SMILES string of the molecule is CCNCC(C)N(CCOC)C(C)CC. The summed E-state index contributed by atoms with van der Waals surface area (Å²) in [7, 11) is 1.77. The average Bonchev–Trinajstić information content (AvgIpc) is 2.26. The second-order valence-electron chi connectivity index (χ2n) is 4.14. The molecule has 3 nitrogen and oxygen atoms in total. The predicted octanol–water partition coefficient (Wildman–Crippen LogP) is 1.73. The molecule has 0 radical (unpaired) electrons. The molecule has 92 valence electrons. The Morgan fingerprint density at radius 3 is 2.33 bits per heavy atom. The van der Waals surface area contributed by atoms with E-state index in [4.69, 9.17) is 4.74 Å². The molecule has 0 rings (SSSR count). The van der Waals surface area contributed by atoms with Crippen LogP contribution in [0.3, 0.4) is 0 Å². The van der Waals surface area contributed by atoms with Crippen LogP contribution >= 0.6 is 0 Å². The highest BCUT2D eigenvalue weighted by atomic mass is 16.5. The summed E-state index contributed by atoms with van der Waals surface area (Å²) >= 11 is 0. The molecule has 0 aliphatic heterocycles. The van der Waals surface area contributed by atoms with Gasteiger partial charge in [0, 0.05) is 32.3 Å². The maximum atomic E-state index is 5.16. The molecule has 1 N–H and O–H groups in total. The van der Waals surface area contributed by atoms with Gasteiger partial charge in [-0.15, -0.1) is 0 Å². The smallest absolute Gasteiger partial charge is 0.0589 e. The van der Waals surface area contributed by atoms with Crippen LogP contribution in [0, 0.1) is 0 Å². The van der Waals surface area contributed by atoms with Gasteiger partial charge in [0.15, 0.2) is 0 Å². The molecule has 3 heteroatoms. The van der Waals surface area contributed by atoms with Crippen LogP contribution in [0.25, 0.3) is 0 Å². The second-order valence-corrected chi connectivity index (χ2v) is 4.14. The van der Waals surface area contributed by atoms with Crippen molar-refractivity contribution in [1.29, 1.82) is 0 Å². The van der Waals surface area contributed by atoms with Gasteiger partial charge in [0.1, 0.15) is 0 Å². The van der Waals surface area contributed by atoms with Gasteiger partial charge in [0.05, 0.1) is 6.61 Å². The summed E-state index contributed by atoms with van der Waals surface area (Å²) in [6, 6.07) is 1.21. The molecule has 0 spiro atoms. The van der Waals surface area contributed by atoms with Crippen LogP contribution in [-0.2, 0) is 4.74 Å². The number of ether oxygens (including phenoxy) is 1. The first-order chi connectivity index (χ1) is 7.17. The van der Waals surface area contributed by atoms with Crippen LogP contribution in [0.5, 0.6) is 0 Å². The molecule has 0 bridgehead atoms. The quantitative estimate of drug-likeness (QED) is 0.635. The van der Waals surface area contributed by atoms with Gasteiger partial charge in [-0.05, 0) is 26.8 Å². The fourth-order valence-electron chi connectivity index (χ4n) is 1.78. The molecule has 0 amide bonds. The summed E-state index contributed by atoms with van der Waals surface area (Å²) in [6.45, 7) is 12.9. The molecule has 0 heterocycles. The zero-order valence-corrected chi connectivity index (χ0v) is 11.0. The Bertz CT molecular complexity index is 142. The first-order valence-corrected chi connectivity index (χ1v) is 6.12. The monoisotopic (exact) mass is 216 g/mol. The van der Waals surface area contributed by atoms with E-state index in [2.05, 4.69) is 37.9 Å². The van der Waals surface area contributed by atoms with Crippen molar-refractivity contribution in [3.63, 3.8) is 0 Å². The molecule has 0 aromatic carbocycles. The second kappa shape index (κ2) is 9.13. The fraction of sp³-hybridized carbons (Fsp3) is 1.00. The Labute approximate surface area is 95.2 Å². The van der Waals surface area contributed by atoms with E-state index in [1.807, 2.05) is 0 Å². The summed E-state index contributed by atoms with van der Waals surface area (Å²) in [5.74, 6) is 0. The number of likely N-dealkylation sites (N-methyl/N-ethyl adjacent to an activating group) is 1. The summed E-state index contributed by atoms with van der Waals surface area (Å²) < 4.78 is 5.16. The van der Waals surface area contributed by atoms with Gasteiger partial charge >= 0.3 is 0 Å². The van der Waals surface area contributed by atoms with Crippen molar-refractivity contribution in [2.45, 2.75) is 46.2 Å². The van der Waals surface area contributed by atoms with E-state index in [0.29, 0.717) is 12.1 Å². The first-order valence-electron chi connectivity index (χ1n) is 6.12. The number of nitrogens with zero attached hydrogens (tertiary/aromatic N) is 1. The molecule has 0 fully saturated rings. The molecule has 0 aliphatic carbocycles. The lowest BCUT2D eigenvalue weighted by atomic mass is 10.1. The number of hydrogen-bond donors (Lipinski definition) is 1. The lowest BCUT2D eigenvalue weighted by Gasteiger charge is -2.34. The van der Waals surface area contributed by atoms with Crippen LogP contribution in [0.15, 0.2) is 0 Å². The average molecular weight is 216 g/mol. The molecule has 2 unspecified atom stereocenters. The molecular formula is C12H28N2O. The van der Waals surface area contributed by atoms with E-state index in [1.165, 1.54) is 6.42 Å². The fourth-order valence-corrected chi connectivity index (χ4v) is 1.78.